The SMILES string of the molecule is COCC(O)CN(C)C(=O)c1ccc(-c2ccccc2Cl)o1. The summed E-state index contributed by atoms with van der Waals surface area (Å²) >= 11 is 6.11. The van der Waals surface area contributed by atoms with Gasteiger partial charge in [-0.25, -0.2) is 0 Å². The molecule has 6 heteroatoms. The van der Waals surface area contributed by atoms with E-state index in [9.17, 15) is 9.90 Å². The van der Waals surface area contributed by atoms with E-state index in [4.69, 9.17) is 20.8 Å². The summed E-state index contributed by atoms with van der Waals surface area (Å²) in [4.78, 5) is 13.6. The molecule has 1 amide bonds. The van der Waals surface area contributed by atoms with E-state index >= 15 is 0 Å². The Hall–Kier alpha value is -1.82. The van der Waals surface area contributed by atoms with Crippen LogP contribution in [0.15, 0.2) is 40.8 Å². The van der Waals surface area contributed by atoms with Gasteiger partial charge < -0.3 is 19.2 Å². The minimum Gasteiger partial charge on any atom is -0.451 e. The van der Waals surface area contributed by atoms with Gasteiger partial charge in [0.1, 0.15) is 5.76 Å². The first-order chi connectivity index (χ1) is 10.5. The lowest BCUT2D eigenvalue weighted by Gasteiger charge is -2.19. The van der Waals surface area contributed by atoms with Crippen LogP contribution in [0.4, 0.5) is 0 Å². The summed E-state index contributed by atoms with van der Waals surface area (Å²) in [6.45, 7) is 0.329. The number of carbonyl (C=O) groups excluding carboxylic acids is 1. The summed E-state index contributed by atoms with van der Waals surface area (Å²) in [5.74, 6) is 0.412. The van der Waals surface area contributed by atoms with Gasteiger partial charge >= 0.3 is 0 Å². The molecular weight excluding hydrogens is 306 g/mol. The van der Waals surface area contributed by atoms with Crippen LogP contribution in [0, 0.1) is 0 Å². The number of benzene rings is 1. The predicted molar refractivity (Wildman–Crippen MR) is 84.0 cm³/mol. The van der Waals surface area contributed by atoms with Crippen molar-refractivity contribution in [1.82, 2.24) is 4.90 Å². The molecule has 0 aliphatic heterocycles. The van der Waals surface area contributed by atoms with E-state index in [2.05, 4.69) is 0 Å². The highest BCUT2D eigenvalue weighted by atomic mass is 35.5. The van der Waals surface area contributed by atoms with Gasteiger partial charge in [-0.1, -0.05) is 23.7 Å². The quantitative estimate of drug-likeness (QED) is 0.887. The number of aliphatic hydroxyl groups excluding tert-OH is 1. The lowest BCUT2D eigenvalue weighted by molar-refractivity contribution is 0.0368. The third kappa shape index (κ3) is 3.88. The van der Waals surface area contributed by atoms with Crippen molar-refractivity contribution in [2.75, 3.05) is 27.3 Å². The number of likely N-dealkylation sites (N-methyl/N-ethyl adjacent to an activating group) is 1. The van der Waals surface area contributed by atoms with Crippen LogP contribution in [-0.4, -0.2) is 49.3 Å². The Balaban J connectivity index is 2.11. The van der Waals surface area contributed by atoms with Gasteiger partial charge in [-0.15, -0.1) is 0 Å². The van der Waals surface area contributed by atoms with Crippen LogP contribution in [0.2, 0.25) is 5.02 Å². The molecule has 2 rings (SSSR count). The number of carbonyl (C=O) groups is 1. The van der Waals surface area contributed by atoms with Crippen molar-refractivity contribution in [3.8, 4) is 11.3 Å². The molecule has 1 heterocycles. The Morgan fingerprint density at radius 1 is 1.36 bits per heavy atom. The van der Waals surface area contributed by atoms with Crippen LogP contribution in [0.3, 0.4) is 0 Å². The summed E-state index contributed by atoms with van der Waals surface area (Å²) in [7, 11) is 3.09. The Labute approximate surface area is 134 Å². The molecule has 2 aromatic rings. The minimum atomic E-state index is -0.739. The molecule has 1 atom stereocenters. The van der Waals surface area contributed by atoms with Crippen molar-refractivity contribution in [1.29, 1.82) is 0 Å². The molecule has 0 bridgehead atoms. The number of nitrogens with zero attached hydrogens (tertiary/aromatic N) is 1. The predicted octanol–water partition coefficient (Wildman–Crippen LogP) is 2.68. The number of methoxy groups -OCH3 is 1. The molecule has 1 aromatic carbocycles. The molecule has 0 spiro atoms. The van der Waals surface area contributed by atoms with Crippen molar-refractivity contribution in [3.05, 3.63) is 47.2 Å². The van der Waals surface area contributed by atoms with Crippen LogP contribution in [0.1, 0.15) is 10.6 Å². The molecule has 118 valence electrons. The van der Waals surface area contributed by atoms with E-state index in [0.29, 0.717) is 10.8 Å². The van der Waals surface area contributed by atoms with E-state index in [1.807, 2.05) is 18.2 Å². The fraction of sp³-hybridized carbons (Fsp3) is 0.312. The van der Waals surface area contributed by atoms with E-state index < -0.39 is 6.10 Å². The molecule has 0 saturated heterocycles. The average molecular weight is 324 g/mol. The largest absolute Gasteiger partial charge is 0.451 e. The molecule has 0 aliphatic carbocycles. The van der Waals surface area contributed by atoms with E-state index in [-0.39, 0.29) is 24.8 Å². The van der Waals surface area contributed by atoms with Crippen LogP contribution in [0.25, 0.3) is 11.3 Å². The zero-order valence-electron chi connectivity index (χ0n) is 12.5. The Kier molecular flexibility index (Phi) is 5.60. The van der Waals surface area contributed by atoms with E-state index in [1.54, 1.807) is 25.2 Å². The summed E-state index contributed by atoms with van der Waals surface area (Å²) in [5, 5.41) is 10.2. The monoisotopic (exact) mass is 323 g/mol. The summed E-state index contributed by atoms with van der Waals surface area (Å²) in [5.41, 5.74) is 0.727. The molecule has 0 saturated carbocycles. The highest BCUT2D eigenvalue weighted by Crippen LogP contribution is 2.29. The van der Waals surface area contributed by atoms with Crippen molar-refractivity contribution < 1.29 is 19.1 Å². The van der Waals surface area contributed by atoms with Gasteiger partial charge in [-0.05, 0) is 24.3 Å². The van der Waals surface area contributed by atoms with Crippen molar-refractivity contribution >= 4 is 17.5 Å². The minimum absolute atomic E-state index is 0.162. The fourth-order valence-electron chi connectivity index (χ4n) is 2.09. The number of hydrogen-bond donors (Lipinski definition) is 1. The highest BCUT2D eigenvalue weighted by molar-refractivity contribution is 6.33. The van der Waals surface area contributed by atoms with Gasteiger partial charge in [0.05, 0.1) is 17.7 Å². The van der Waals surface area contributed by atoms with Gasteiger partial charge in [-0.2, -0.15) is 0 Å². The smallest absolute Gasteiger partial charge is 0.289 e. The summed E-state index contributed by atoms with van der Waals surface area (Å²) < 4.78 is 10.4. The third-order valence-electron chi connectivity index (χ3n) is 3.15. The second-order valence-electron chi connectivity index (χ2n) is 4.94. The van der Waals surface area contributed by atoms with Crippen molar-refractivity contribution in [2.45, 2.75) is 6.10 Å². The van der Waals surface area contributed by atoms with Crippen molar-refractivity contribution in [3.63, 3.8) is 0 Å². The van der Waals surface area contributed by atoms with Crippen LogP contribution >= 0.6 is 11.6 Å². The van der Waals surface area contributed by atoms with Gasteiger partial charge in [-0.3, -0.25) is 4.79 Å². The van der Waals surface area contributed by atoms with E-state index in [0.717, 1.165) is 5.56 Å². The normalized spacial score (nSPS) is 12.2. The topological polar surface area (TPSA) is 62.9 Å². The van der Waals surface area contributed by atoms with Crippen LogP contribution in [-0.2, 0) is 4.74 Å². The number of furan rings is 1. The number of halogens is 1. The number of aliphatic hydroxyl groups is 1. The maximum absolute atomic E-state index is 12.3. The lowest BCUT2D eigenvalue weighted by Crippen LogP contribution is -2.36. The van der Waals surface area contributed by atoms with Gasteiger partial charge in [0.25, 0.3) is 5.91 Å². The lowest BCUT2D eigenvalue weighted by atomic mass is 10.2. The first-order valence-corrected chi connectivity index (χ1v) is 7.18. The van der Waals surface area contributed by atoms with Gasteiger partial charge in [0, 0.05) is 26.3 Å². The molecule has 1 aromatic heterocycles. The van der Waals surface area contributed by atoms with Gasteiger partial charge in [0.2, 0.25) is 0 Å². The molecule has 0 aliphatic rings. The molecule has 0 radical (unpaired) electrons. The molecular formula is C16H18ClNO4. The summed E-state index contributed by atoms with van der Waals surface area (Å²) in [6.07, 6.45) is -0.739. The summed E-state index contributed by atoms with van der Waals surface area (Å²) in [6, 6.07) is 10.5. The molecule has 1 unspecified atom stereocenters. The number of hydrogen-bond acceptors (Lipinski definition) is 4. The highest BCUT2D eigenvalue weighted by Gasteiger charge is 2.19. The van der Waals surface area contributed by atoms with Crippen LogP contribution in [0.5, 0.6) is 0 Å². The average Bonchev–Trinajstić information content (AvgIpc) is 2.96. The second-order valence-corrected chi connectivity index (χ2v) is 5.35. The van der Waals surface area contributed by atoms with Crippen LogP contribution < -0.4 is 0 Å². The molecule has 5 nitrogen and oxygen atoms in total. The maximum Gasteiger partial charge on any atom is 0.289 e. The Bertz CT molecular complexity index is 641. The van der Waals surface area contributed by atoms with E-state index in [1.165, 1.54) is 12.0 Å². The standard InChI is InChI=1S/C16H18ClNO4/c1-18(9-11(19)10-21-2)16(20)15-8-7-14(22-15)12-5-3-4-6-13(12)17/h3-8,11,19H,9-10H2,1-2H3. The Morgan fingerprint density at radius 3 is 2.77 bits per heavy atom. The van der Waals surface area contributed by atoms with Crippen molar-refractivity contribution in [2.24, 2.45) is 0 Å². The number of rotatable bonds is 6. The zero-order chi connectivity index (χ0) is 16.1. The fourth-order valence-corrected chi connectivity index (χ4v) is 2.32. The zero-order valence-corrected chi connectivity index (χ0v) is 13.2. The maximum atomic E-state index is 12.3. The number of ether oxygens (including phenoxy) is 1. The second kappa shape index (κ2) is 7.45. The molecule has 0 fully saturated rings. The third-order valence-corrected chi connectivity index (χ3v) is 3.48. The van der Waals surface area contributed by atoms with Gasteiger partial charge in [0.15, 0.2) is 5.76 Å². The molecule has 1 N–H and O–H groups in total. The number of amides is 1. The Morgan fingerprint density at radius 2 is 2.09 bits per heavy atom. The molecule has 22 heavy (non-hydrogen) atoms. The first kappa shape index (κ1) is 16.5. The first-order valence-electron chi connectivity index (χ1n) is 6.80.